The second kappa shape index (κ2) is 9.73. The molecule has 2 aromatic carbocycles. The Balaban J connectivity index is 2.04. The number of amides is 1. The molecule has 0 spiro atoms. The van der Waals surface area contributed by atoms with Crippen LogP contribution in [-0.2, 0) is 16.1 Å². The van der Waals surface area contributed by atoms with E-state index in [9.17, 15) is 4.79 Å². The number of fused-ring (bicyclic) bond motifs is 1. The molecule has 1 aromatic heterocycles. The summed E-state index contributed by atoms with van der Waals surface area (Å²) >= 11 is 7.53. The third kappa shape index (κ3) is 4.87. The van der Waals surface area contributed by atoms with Crippen LogP contribution in [0.25, 0.3) is 16.3 Å². The largest absolute Gasteiger partial charge is 0.493 e. The molecule has 0 atom stereocenters. The Morgan fingerprint density at radius 3 is 2.59 bits per heavy atom. The third-order valence-corrected chi connectivity index (χ3v) is 5.61. The number of methoxy groups -OCH3 is 3. The average Bonchev–Trinajstić information content (AvgIpc) is 3.06. The maximum absolute atomic E-state index is 12.5. The predicted octanol–water partition coefficient (Wildman–Crippen LogP) is 4.16. The number of hydrogen-bond donors (Lipinski definition) is 0. The van der Waals surface area contributed by atoms with E-state index in [1.807, 2.05) is 34.9 Å². The molecule has 152 valence electrons. The highest BCUT2D eigenvalue weighted by atomic mass is 35.5. The van der Waals surface area contributed by atoms with Crippen LogP contribution in [0.2, 0.25) is 5.02 Å². The Hall–Kier alpha value is -2.61. The van der Waals surface area contributed by atoms with Crippen LogP contribution in [0, 0.1) is 0 Å². The smallest absolute Gasteiger partial charge is 0.272 e. The first kappa shape index (κ1) is 21.1. The van der Waals surface area contributed by atoms with Crippen molar-refractivity contribution in [3.05, 3.63) is 57.9 Å². The molecule has 0 N–H and O–H groups in total. The van der Waals surface area contributed by atoms with Gasteiger partial charge in [-0.25, -0.2) is 0 Å². The Morgan fingerprint density at radius 1 is 1.17 bits per heavy atom. The van der Waals surface area contributed by atoms with Gasteiger partial charge in [-0.15, -0.1) is 0 Å². The van der Waals surface area contributed by atoms with Gasteiger partial charge in [0.15, 0.2) is 16.3 Å². The van der Waals surface area contributed by atoms with Crippen molar-refractivity contribution < 1.29 is 19.0 Å². The van der Waals surface area contributed by atoms with Gasteiger partial charge >= 0.3 is 0 Å². The molecule has 1 amide bonds. The van der Waals surface area contributed by atoms with Crippen molar-refractivity contribution in [3.63, 3.8) is 0 Å². The Labute approximate surface area is 177 Å². The molecule has 0 bridgehead atoms. The molecule has 29 heavy (non-hydrogen) atoms. The van der Waals surface area contributed by atoms with Gasteiger partial charge < -0.3 is 18.8 Å². The third-order valence-electron chi connectivity index (χ3n) is 4.22. The number of rotatable bonds is 7. The number of halogens is 1. The summed E-state index contributed by atoms with van der Waals surface area (Å²) in [6, 6.07) is 11.1. The second-order valence-electron chi connectivity index (χ2n) is 6.01. The van der Waals surface area contributed by atoms with Crippen molar-refractivity contribution in [1.29, 1.82) is 0 Å². The lowest BCUT2D eigenvalue weighted by Crippen LogP contribution is -2.19. The van der Waals surface area contributed by atoms with Crippen LogP contribution in [0.1, 0.15) is 5.56 Å². The zero-order valence-electron chi connectivity index (χ0n) is 16.3. The number of aromatic nitrogens is 1. The van der Waals surface area contributed by atoms with Crippen molar-refractivity contribution in [2.75, 3.05) is 27.9 Å². The molecule has 8 heteroatoms. The molecular formula is C21H21ClN2O4S. The first-order chi connectivity index (χ1) is 14.1. The van der Waals surface area contributed by atoms with Crippen LogP contribution in [0.4, 0.5) is 0 Å². The fourth-order valence-electron chi connectivity index (χ4n) is 2.78. The number of carbonyl (C=O) groups is 1. The standard InChI is InChI=1S/C21H21ClN2O4S/c1-26-11-10-24-16-12-17(27-2)18(28-3)13-19(16)29-21(24)23-20(25)9-8-14-6-4-5-7-15(14)22/h4-9,12-13H,10-11H2,1-3H3. The van der Waals surface area contributed by atoms with E-state index in [0.717, 1.165) is 15.8 Å². The molecule has 1 heterocycles. The fraction of sp³-hybridized carbons (Fsp3) is 0.238. The molecule has 0 aliphatic rings. The van der Waals surface area contributed by atoms with Gasteiger partial charge in [-0.05, 0) is 17.7 Å². The zero-order chi connectivity index (χ0) is 20.8. The van der Waals surface area contributed by atoms with Crippen molar-refractivity contribution in [1.82, 2.24) is 4.57 Å². The van der Waals surface area contributed by atoms with Crippen LogP contribution in [0.15, 0.2) is 47.5 Å². The molecule has 0 saturated carbocycles. The molecule has 0 unspecified atom stereocenters. The van der Waals surface area contributed by atoms with E-state index in [1.54, 1.807) is 33.5 Å². The summed E-state index contributed by atoms with van der Waals surface area (Å²) in [4.78, 5) is 17.3. The number of benzene rings is 2. The van der Waals surface area contributed by atoms with Gasteiger partial charge in [0, 0.05) is 36.9 Å². The zero-order valence-corrected chi connectivity index (χ0v) is 17.9. The average molecular weight is 433 g/mol. The van der Waals surface area contributed by atoms with E-state index in [0.29, 0.717) is 34.5 Å². The quantitative estimate of drug-likeness (QED) is 0.526. The molecule has 0 aliphatic carbocycles. The highest BCUT2D eigenvalue weighted by Gasteiger charge is 2.13. The van der Waals surface area contributed by atoms with E-state index in [-0.39, 0.29) is 5.91 Å². The minimum absolute atomic E-state index is 0.374. The highest BCUT2D eigenvalue weighted by molar-refractivity contribution is 7.16. The molecule has 0 saturated heterocycles. The van der Waals surface area contributed by atoms with Crippen LogP contribution < -0.4 is 14.3 Å². The maximum atomic E-state index is 12.5. The van der Waals surface area contributed by atoms with E-state index in [1.165, 1.54) is 17.4 Å². The minimum atomic E-state index is -0.374. The van der Waals surface area contributed by atoms with Crippen LogP contribution in [0.5, 0.6) is 11.5 Å². The number of carbonyl (C=O) groups excluding carboxylic acids is 1. The van der Waals surface area contributed by atoms with E-state index >= 15 is 0 Å². The predicted molar refractivity (Wildman–Crippen MR) is 116 cm³/mol. The van der Waals surface area contributed by atoms with Crippen molar-refractivity contribution >= 4 is 45.1 Å². The number of ether oxygens (including phenoxy) is 3. The second-order valence-corrected chi connectivity index (χ2v) is 7.43. The van der Waals surface area contributed by atoms with Gasteiger partial charge in [-0.2, -0.15) is 4.99 Å². The summed E-state index contributed by atoms with van der Waals surface area (Å²) in [6.45, 7) is 1.03. The maximum Gasteiger partial charge on any atom is 0.272 e. The lowest BCUT2D eigenvalue weighted by Gasteiger charge is -2.09. The molecule has 3 rings (SSSR count). The molecule has 3 aromatic rings. The molecule has 6 nitrogen and oxygen atoms in total. The summed E-state index contributed by atoms with van der Waals surface area (Å²) < 4.78 is 18.9. The normalized spacial score (nSPS) is 12.1. The molecular weight excluding hydrogens is 412 g/mol. The number of nitrogens with zero attached hydrogens (tertiary/aromatic N) is 2. The Kier molecular flexibility index (Phi) is 7.09. The minimum Gasteiger partial charge on any atom is -0.493 e. The van der Waals surface area contributed by atoms with E-state index < -0.39 is 0 Å². The number of thiazole rings is 1. The summed E-state index contributed by atoms with van der Waals surface area (Å²) in [5.74, 6) is 0.860. The molecule has 0 radical (unpaired) electrons. The Bertz CT molecular complexity index is 1120. The van der Waals surface area contributed by atoms with Gasteiger partial charge in [-0.1, -0.05) is 41.1 Å². The van der Waals surface area contributed by atoms with Crippen LogP contribution in [0.3, 0.4) is 0 Å². The molecule has 0 aliphatic heterocycles. The van der Waals surface area contributed by atoms with Crippen molar-refractivity contribution in [3.8, 4) is 11.5 Å². The summed E-state index contributed by atoms with van der Waals surface area (Å²) in [5.41, 5.74) is 1.65. The summed E-state index contributed by atoms with van der Waals surface area (Å²) in [6.07, 6.45) is 3.07. The van der Waals surface area contributed by atoms with Gasteiger partial charge in [0.25, 0.3) is 5.91 Å². The fourth-order valence-corrected chi connectivity index (χ4v) is 4.05. The van der Waals surface area contributed by atoms with E-state index in [2.05, 4.69) is 4.99 Å². The van der Waals surface area contributed by atoms with Gasteiger partial charge in [0.2, 0.25) is 0 Å². The first-order valence-corrected chi connectivity index (χ1v) is 10.0. The number of hydrogen-bond acceptors (Lipinski definition) is 5. The first-order valence-electron chi connectivity index (χ1n) is 8.83. The van der Waals surface area contributed by atoms with Gasteiger partial charge in [0.05, 0.1) is 31.0 Å². The van der Waals surface area contributed by atoms with Crippen molar-refractivity contribution in [2.45, 2.75) is 6.54 Å². The van der Waals surface area contributed by atoms with Crippen LogP contribution in [-0.4, -0.2) is 38.4 Å². The summed E-state index contributed by atoms with van der Waals surface area (Å²) in [5, 5.41) is 0.577. The van der Waals surface area contributed by atoms with Gasteiger partial charge in [-0.3, -0.25) is 4.79 Å². The Morgan fingerprint density at radius 2 is 1.90 bits per heavy atom. The lowest BCUT2D eigenvalue weighted by atomic mass is 10.2. The lowest BCUT2D eigenvalue weighted by molar-refractivity contribution is -0.113. The van der Waals surface area contributed by atoms with E-state index in [4.69, 9.17) is 25.8 Å². The topological polar surface area (TPSA) is 62.1 Å². The monoisotopic (exact) mass is 432 g/mol. The van der Waals surface area contributed by atoms with Crippen LogP contribution >= 0.6 is 22.9 Å². The van der Waals surface area contributed by atoms with Gasteiger partial charge in [0.1, 0.15) is 0 Å². The summed E-state index contributed by atoms with van der Waals surface area (Å²) in [7, 11) is 4.81. The van der Waals surface area contributed by atoms with Crippen molar-refractivity contribution in [2.24, 2.45) is 4.99 Å². The molecule has 0 fully saturated rings. The highest BCUT2D eigenvalue weighted by Crippen LogP contribution is 2.33. The SMILES string of the molecule is COCCn1c(=NC(=O)C=Cc2ccccc2Cl)sc2cc(OC)c(OC)cc21.